The Hall–Kier alpha value is -3.13. The van der Waals surface area contributed by atoms with Crippen LogP contribution in [0.25, 0.3) is 0 Å². The van der Waals surface area contributed by atoms with Crippen molar-refractivity contribution in [2.75, 3.05) is 24.6 Å². The number of non-ortho nitro benzene ring substituents is 1. The molecule has 3 rings (SSSR count). The number of amides is 1. The Morgan fingerprint density at radius 3 is 2.67 bits per heavy atom. The summed E-state index contributed by atoms with van der Waals surface area (Å²) in [6, 6.07) is 11.4. The lowest BCUT2D eigenvalue weighted by Gasteiger charge is -2.24. The van der Waals surface area contributed by atoms with Crippen LogP contribution in [0.2, 0.25) is 5.02 Å². The standard InChI is InChI=1S/C21H23ClN4O4/c22-17-6-5-7-19(13-17)30-15-21(27)24-23-14-16-12-18(26(28)29)8-9-20(16)25-10-3-1-2-4-11-25/h5-9,12-14H,1-4,10-11,15H2,(H,24,27)/b23-14-. The molecule has 1 fully saturated rings. The first-order valence-electron chi connectivity index (χ1n) is 9.76. The summed E-state index contributed by atoms with van der Waals surface area (Å²) < 4.78 is 5.37. The van der Waals surface area contributed by atoms with Crippen LogP contribution in [-0.4, -0.2) is 36.7 Å². The second-order valence-corrected chi connectivity index (χ2v) is 7.38. The number of rotatable bonds is 7. The molecule has 1 aliphatic heterocycles. The maximum Gasteiger partial charge on any atom is 0.277 e. The summed E-state index contributed by atoms with van der Waals surface area (Å²) in [5.41, 5.74) is 3.83. The molecule has 1 aliphatic rings. The Bertz CT molecular complexity index is 927. The number of nitrogens with zero attached hydrogens (tertiary/aromatic N) is 3. The van der Waals surface area contributed by atoms with Gasteiger partial charge in [0.1, 0.15) is 5.75 Å². The van der Waals surface area contributed by atoms with Gasteiger partial charge >= 0.3 is 0 Å². The zero-order valence-electron chi connectivity index (χ0n) is 16.4. The van der Waals surface area contributed by atoms with E-state index in [1.165, 1.54) is 31.2 Å². The van der Waals surface area contributed by atoms with Gasteiger partial charge in [-0.05, 0) is 37.1 Å². The first-order chi connectivity index (χ1) is 14.5. The van der Waals surface area contributed by atoms with Crippen molar-refractivity contribution in [1.29, 1.82) is 0 Å². The highest BCUT2D eigenvalue weighted by Gasteiger charge is 2.16. The number of hydrazone groups is 1. The third kappa shape index (κ3) is 6.18. The number of hydrogen-bond acceptors (Lipinski definition) is 6. The fraction of sp³-hybridized carbons (Fsp3) is 0.333. The minimum Gasteiger partial charge on any atom is -0.484 e. The molecule has 1 saturated heterocycles. The number of carbonyl (C=O) groups excluding carboxylic acids is 1. The van der Waals surface area contributed by atoms with E-state index in [2.05, 4.69) is 15.4 Å². The second-order valence-electron chi connectivity index (χ2n) is 6.94. The van der Waals surface area contributed by atoms with Crippen LogP contribution in [0.15, 0.2) is 47.6 Å². The number of halogens is 1. The summed E-state index contributed by atoms with van der Waals surface area (Å²) >= 11 is 5.88. The molecule has 2 aromatic rings. The molecular formula is C21H23ClN4O4. The third-order valence-electron chi connectivity index (χ3n) is 4.73. The number of hydrogen-bond donors (Lipinski definition) is 1. The molecule has 158 valence electrons. The van der Waals surface area contributed by atoms with Gasteiger partial charge in [0.05, 0.1) is 11.1 Å². The van der Waals surface area contributed by atoms with Crippen molar-refractivity contribution in [3.63, 3.8) is 0 Å². The van der Waals surface area contributed by atoms with E-state index in [4.69, 9.17) is 16.3 Å². The van der Waals surface area contributed by atoms with Crippen molar-refractivity contribution in [2.45, 2.75) is 25.7 Å². The maximum absolute atomic E-state index is 12.0. The Morgan fingerprint density at radius 2 is 1.97 bits per heavy atom. The molecule has 0 saturated carbocycles. The molecule has 1 N–H and O–H groups in total. The lowest BCUT2D eigenvalue weighted by Crippen LogP contribution is -2.26. The average molecular weight is 431 g/mol. The Labute approximate surface area is 179 Å². The molecule has 2 aromatic carbocycles. The van der Waals surface area contributed by atoms with Gasteiger partial charge in [-0.25, -0.2) is 5.43 Å². The molecule has 1 heterocycles. The number of nitrogens with one attached hydrogen (secondary N) is 1. The van der Waals surface area contributed by atoms with Crippen molar-refractivity contribution in [3.8, 4) is 5.75 Å². The lowest BCUT2D eigenvalue weighted by molar-refractivity contribution is -0.384. The maximum atomic E-state index is 12.0. The zero-order valence-corrected chi connectivity index (χ0v) is 17.2. The summed E-state index contributed by atoms with van der Waals surface area (Å²) in [5, 5.41) is 15.7. The van der Waals surface area contributed by atoms with E-state index in [0.717, 1.165) is 31.6 Å². The van der Waals surface area contributed by atoms with E-state index >= 15 is 0 Å². The normalized spacial score (nSPS) is 14.4. The van der Waals surface area contributed by atoms with E-state index < -0.39 is 10.8 Å². The number of ether oxygens (including phenoxy) is 1. The molecule has 0 aliphatic carbocycles. The van der Waals surface area contributed by atoms with Gasteiger partial charge in [0, 0.05) is 41.5 Å². The van der Waals surface area contributed by atoms with Gasteiger partial charge in [0.15, 0.2) is 6.61 Å². The highest BCUT2D eigenvalue weighted by Crippen LogP contribution is 2.26. The van der Waals surface area contributed by atoms with Crippen LogP contribution in [0.5, 0.6) is 5.75 Å². The SMILES string of the molecule is O=C(COc1cccc(Cl)c1)N/N=C\c1cc([N+](=O)[O-])ccc1N1CCCCCC1. The lowest BCUT2D eigenvalue weighted by atomic mass is 10.1. The number of benzene rings is 2. The zero-order chi connectivity index (χ0) is 21.3. The van der Waals surface area contributed by atoms with Gasteiger partial charge in [0.25, 0.3) is 11.6 Å². The van der Waals surface area contributed by atoms with E-state index in [1.54, 1.807) is 30.3 Å². The molecule has 0 radical (unpaired) electrons. The fourth-order valence-electron chi connectivity index (χ4n) is 3.27. The van der Waals surface area contributed by atoms with Crippen LogP contribution in [0.3, 0.4) is 0 Å². The summed E-state index contributed by atoms with van der Waals surface area (Å²) in [7, 11) is 0. The summed E-state index contributed by atoms with van der Waals surface area (Å²) in [6.45, 7) is 1.54. The van der Waals surface area contributed by atoms with E-state index in [9.17, 15) is 14.9 Å². The number of nitro groups is 1. The molecule has 9 heteroatoms. The van der Waals surface area contributed by atoms with Gasteiger partial charge in [0.2, 0.25) is 0 Å². The molecule has 8 nitrogen and oxygen atoms in total. The van der Waals surface area contributed by atoms with E-state index in [-0.39, 0.29) is 12.3 Å². The highest BCUT2D eigenvalue weighted by molar-refractivity contribution is 6.30. The number of anilines is 1. The first kappa shape index (κ1) is 21.6. The van der Waals surface area contributed by atoms with Crippen molar-refractivity contribution in [1.82, 2.24) is 5.43 Å². The Kier molecular flexibility index (Phi) is 7.62. The van der Waals surface area contributed by atoms with Crippen LogP contribution in [-0.2, 0) is 4.79 Å². The molecule has 30 heavy (non-hydrogen) atoms. The topological polar surface area (TPSA) is 97.1 Å². The molecule has 0 unspecified atom stereocenters. The van der Waals surface area contributed by atoms with Crippen LogP contribution < -0.4 is 15.1 Å². The predicted octanol–water partition coefficient (Wildman–Crippen LogP) is 4.16. The van der Waals surface area contributed by atoms with Gasteiger partial charge in [-0.2, -0.15) is 5.10 Å². The minimum atomic E-state index is -0.451. The van der Waals surface area contributed by atoms with Crippen LogP contribution in [0.4, 0.5) is 11.4 Å². The molecule has 0 bridgehead atoms. The highest BCUT2D eigenvalue weighted by atomic mass is 35.5. The summed E-state index contributed by atoms with van der Waals surface area (Å²) in [6.07, 6.45) is 5.94. The second kappa shape index (κ2) is 10.6. The van der Waals surface area contributed by atoms with Gasteiger partial charge < -0.3 is 9.64 Å². The summed E-state index contributed by atoms with van der Waals surface area (Å²) in [5.74, 6) is 0.0248. The fourth-order valence-corrected chi connectivity index (χ4v) is 3.45. The van der Waals surface area contributed by atoms with E-state index in [0.29, 0.717) is 16.3 Å². The van der Waals surface area contributed by atoms with Crippen molar-refractivity contribution < 1.29 is 14.5 Å². The average Bonchev–Trinajstić information content (AvgIpc) is 3.01. The van der Waals surface area contributed by atoms with Crippen molar-refractivity contribution >= 4 is 35.1 Å². The van der Waals surface area contributed by atoms with Gasteiger partial charge in [-0.1, -0.05) is 30.5 Å². The number of carbonyl (C=O) groups is 1. The quantitative estimate of drug-likeness (QED) is 0.404. The van der Waals surface area contributed by atoms with Gasteiger partial charge in [-0.15, -0.1) is 0 Å². The molecule has 1 amide bonds. The van der Waals surface area contributed by atoms with Gasteiger partial charge in [-0.3, -0.25) is 14.9 Å². The van der Waals surface area contributed by atoms with Crippen LogP contribution >= 0.6 is 11.6 Å². The van der Waals surface area contributed by atoms with Crippen LogP contribution in [0.1, 0.15) is 31.2 Å². The van der Waals surface area contributed by atoms with Crippen LogP contribution in [0, 0.1) is 10.1 Å². The van der Waals surface area contributed by atoms with Crippen molar-refractivity contribution in [2.24, 2.45) is 5.10 Å². The minimum absolute atomic E-state index is 0.0226. The van der Waals surface area contributed by atoms with Crippen molar-refractivity contribution in [3.05, 3.63) is 63.2 Å². The smallest absolute Gasteiger partial charge is 0.277 e. The third-order valence-corrected chi connectivity index (χ3v) is 4.96. The van der Waals surface area contributed by atoms with E-state index in [1.807, 2.05) is 0 Å². The first-order valence-corrected chi connectivity index (χ1v) is 10.1. The Morgan fingerprint density at radius 1 is 1.20 bits per heavy atom. The number of nitro benzene ring substituents is 1. The Balaban J connectivity index is 1.67. The monoisotopic (exact) mass is 430 g/mol. The predicted molar refractivity (Wildman–Crippen MR) is 116 cm³/mol. The largest absolute Gasteiger partial charge is 0.484 e. The molecule has 0 atom stereocenters. The molecule has 0 spiro atoms. The molecule has 0 aromatic heterocycles. The summed E-state index contributed by atoms with van der Waals surface area (Å²) in [4.78, 5) is 24.9. The molecular weight excluding hydrogens is 408 g/mol.